The molecule has 0 bridgehead atoms. The Hall–Kier alpha value is -2.36. The smallest absolute Gasteiger partial charge is 0.293 e. The van der Waals surface area contributed by atoms with Gasteiger partial charge in [-0.1, -0.05) is 37.3 Å². The molecule has 4 heteroatoms. The summed E-state index contributed by atoms with van der Waals surface area (Å²) in [6, 6.07) is 13.2. The summed E-state index contributed by atoms with van der Waals surface area (Å²) in [5, 5.41) is 0. The van der Waals surface area contributed by atoms with Gasteiger partial charge in [-0.15, -0.1) is 0 Å². The number of carbonyl (C=O) groups is 1. The van der Waals surface area contributed by atoms with E-state index in [0.29, 0.717) is 18.8 Å². The Morgan fingerprint density at radius 3 is 2.48 bits per heavy atom. The van der Waals surface area contributed by atoms with Crippen LogP contribution in [0.1, 0.15) is 38.8 Å². The van der Waals surface area contributed by atoms with Crippen molar-refractivity contribution in [2.24, 2.45) is 5.92 Å². The first-order valence-electron chi connectivity index (χ1n) is 7.87. The van der Waals surface area contributed by atoms with E-state index in [1.807, 2.05) is 44.2 Å². The largest absolute Gasteiger partial charge is 0.483 e. The second-order valence-corrected chi connectivity index (χ2v) is 5.96. The summed E-state index contributed by atoms with van der Waals surface area (Å²) in [6.07, 6.45) is 2.38. The Morgan fingerprint density at radius 2 is 1.83 bits per heavy atom. The van der Waals surface area contributed by atoms with E-state index in [0.717, 1.165) is 5.56 Å². The highest BCUT2D eigenvalue weighted by molar-refractivity contribution is 5.77. The van der Waals surface area contributed by atoms with E-state index in [1.54, 1.807) is 29.8 Å². The molecule has 0 N–H and O–H groups in total. The molecule has 1 aromatic heterocycles. The molecule has 0 spiro atoms. The van der Waals surface area contributed by atoms with E-state index in [4.69, 9.17) is 4.74 Å². The number of aromatic nitrogens is 1. The number of rotatable bonds is 7. The van der Waals surface area contributed by atoms with Gasteiger partial charge in [0.05, 0.1) is 0 Å². The molecule has 122 valence electrons. The van der Waals surface area contributed by atoms with E-state index < -0.39 is 0 Å². The molecule has 23 heavy (non-hydrogen) atoms. The van der Waals surface area contributed by atoms with E-state index in [9.17, 15) is 9.59 Å². The molecule has 4 nitrogen and oxygen atoms in total. The predicted molar refractivity (Wildman–Crippen MR) is 90.6 cm³/mol. The van der Waals surface area contributed by atoms with E-state index in [1.165, 1.54) is 0 Å². The first-order valence-corrected chi connectivity index (χ1v) is 7.87. The Labute approximate surface area is 136 Å². The van der Waals surface area contributed by atoms with Gasteiger partial charge in [0.25, 0.3) is 5.56 Å². The van der Waals surface area contributed by atoms with Gasteiger partial charge in [-0.2, -0.15) is 0 Å². The third kappa shape index (κ3) is 4.55. The van der Waals surface area contributed by atoms with Crippen LogP contribution < -0.4 is 10.3 Å². The number of pyridine rings is 1. The quantitative estimate of drug-likeness (QED) is 0.784. The Morgan fingerprint density at radius 1 is 1.13 bits per heavy atom. The van der Waals surface area contributed by atoms with Crippen LogP contribution in [0.15, 0.2) is 53.5 Å². The standard InChI is InChI=1S/C19H23NO3/c1-14(16(3)21)12-15(2)20-11-7-10-18(19(20)22)23-13-17-8-5-4-6-9-17/h4-11,14-15H,12-13H2,1-3H3. The Kier molecular flexibility index (Phi) is 5.74. The minimum absolute atomic E-state index is 0.0540. The second kappa shape index (κ2) is 7.77. The molecule has 2 aromatic rings. The molecule has 1 heterocycles. The minimum atomic E-state index is -0.160. The predicted octanol–water partition coefficient (Wildman–Crippen LogP) is 3.60. The summed E-state index contributed by atoms with van der Waals surface area (Å²) in [4.78, 5) is 23.9. The molecule has 0 aliphatic rings. The highest BCUT2D eigenvalue weighted by Gasteiger charge is 2.16. The number of ether oxygens (including phenoxy) is 1. The van der Waals surface area contributed by atoms with Crippen molar-refractivity contribution in [3.63, 3.8) is 0 Å². The lowest BCUT2D eigenvalue weighted by Gasteiger charge is -2.18. The van der Waals surface area contributed by atoms with Gasteiger partial charge in [-0.25, -0.2) is 0 Å². The number of nitrogens with zero attached hydrogens (tertiary/aromatic N) is 1. The van der Waals surface area contributed by atoms with Gasteiger partial charge < -0.3 is 9.30 Å². The van der Waals surface area contributed by atoms with Crippen molar-refractivity contribution in [3.8, 4) is 5.75 Å². The van der Waals surface area contributed by atoms with Crippen LogP contribution in [0.4, 0.5) is 0 Å². The lowest BCUT2D eigenvalue weighted by atomic mass is 9.99. The van der Waals surface area contributed by atoms with Crippen LogP contribution in [0.25, 0.3) is 0 Å². The maximum atomic E-state index is 12.5. The first-order chi connectivity index (χ1) is 11.0. The van der Waals surface area contributed by atoms with Gasteiger partial charge in [0.1, 0.15) is 12.4 Å². The monoisotopic (exact) mass is 313 g/mol. The van der Waals surface area contributed by atoms with Crippen LogP contribution in [-0.2, 0) is 11.4 Å². The molecule has 0 saturated carbocycles. The third-order valence-electron chi connectivity index (χ3n) is 4.04. The van der Waals surface area contributed by atoms with Crippen LogP contribution in [0, 0.1) is 5.92 Å². The average Bonchev–Trinajstić information content (AvgIpc) is 2.54. The van der Waals surface area contributed by atoms with Crippen molar-refractivity contribution >= 4 is 5.78 Å². The molecule has 2 rings (SSSR count). The SMILES string of the molecule is CC(=O)C(C)CC(C)n1cccc(OCc2ccccc2)c1=O. The molecule has 1 aromatic carbocycles. The topological polar surface area (TPSA) is 48.3 Å². The van der Waals surface area contributed by atoms with Gasteiger partial charge >= 0.3 is 0 Å². The summed E-state index contributed by atoms with van der Waals surface area (Å²) < 4.78 is 7.30. The lowest BCUT2D eigenvalue weighted by Crippen LogP contribution is -2.26. The zero-order chi connectivity index (χ0) is 16.8. The minimum Gasteiger partial charge on any atom is -0.483 e. The fourth-order valence-corrected chi connectivity index (χ4v) is 2.47. The molecule has 0 fully saturated rings. The fraction of sp³-hybridized carbons (Fsp3) is 0.368. The zero-order valence-electron chi connectivity index (χ0n) is 13.9. The summed E-state index contributed by atoms with van der Waals surface area (Å²) in [5.41, 5.74) is 0.854. The normalized spacial score (nSPS) is 13.3. The van der Waals surface area contributed by atoms with Gasteiger partial charge in [0, 0.05) is 18.2 Å². The van der Waals surface area contributed by atoms with Crippen molar-refractivity contribution in [1.29, 1.82) is 0 Å². The van der Waals surface area contributed by atoms with E-state index >= 15 is 0 Å². The molecule has 0 radical (unpaired) electrons. The molecule has 0 aliphatic heterocycles. The molecular formula is C19H23NO3. The van der Waals surface area contributed by atoms with Crippen LogP contribution in [0.3, 0.4) is 0 Å². The summed E-state index contributed by atoms with van der Waals surface area (Å²) in [6.45, 7) is 5.78. The Bertz CT molecular complexity index is 706. The van der Waals surface area contributed by atoms with Crippen LogP contribution in [0.2, 0.25) is 0 Å². The van der Waals surface area contributed by atoms with E-state index in [-0.39, 0.29) is 23.3 Å². The molecule has 0 aliphatic carbocycles. The molecular weight excluding hydrogens is 290 g/mol. The van der Waals surface area contributed by atoms with Crippen LogP contribution in [-0.4, -0.2) is 10.4 Å². The van der Waals surface area contributed by atoms with Crippen LogP contribution >= 0.6 is 0 Å². The van der Waals surface area contributed by atoms with Crippen LogP contribution in [0.5, 0.6) is 5.75 Å². The Balaban J connectivity index is 2.11. The first kappa shape index (κ1) is 17.0. The third-order valence-corrected chi connectivity index (χ3v) is 4.04. The number of hydrogen-bond donors (Lipinski definition) is 0. The number of Topliss-reactive ketones (excluding diaryl/α,β-unsaturated/α-hetero) is 1. The lowest BCUT2D eigenvalue weighted by molar-refractivity contribution is -0.120. The van der Waals surface area contributed by atoms with Crippen molar-refractivity contribution in [2.75, 3.05) is 0 Å². The summed E-state index contributed by atoms with van der Waals surface area (Å²) >= 11 is 0. The van der Waals surface area contributed by atoms with Gasteiger partial charge in [0.15, 0.2) is 5.75 Å². The number of carbonyl (C=O) groups excluding carboxylic acids is 1. The maximum Gasteiger partial charge on any atom is 0.293 e. The van der Waals surface area contributed by atoms with E-state index in [2.05, 4.69) is 0 Å². The van der Waals surface area contributed by atoms with Crippen molar-refractivity contribution in [2.45, 2.75) is 39.8 Å². The molecule has 0 saturated heterocycles. The van der Waals surface area contributed by atoms with Crippen molar-refractivity contribution < 1.29 is 9.53 Å². The van der Waals surface area contributed by atoms with Crippen molar-refractivity contribution in [1.82, 2.24) is 4.57 Å². The number of ketones is 1. The van der Waals surface area contributed by atoms with Gasteiger partial charge in [-0.05, 0) is 38.0 Å². The average molecular weight is 313 g/mol. The highest BCUT2D eigenvalue weighted by atomic mass is 16.5. The summed E-state index contributed by atoms with van der Waals surface area (Å²) in [7, 11) is 0. The second-order valence-electron chi connectivity index (χ2n) is 5.96. The number of hydrogen-bond acceptors (Lipinski definition) is 3. The maximum absolute atomic E-state index is 12.5. The molecule has 2 unspecified atom stereocenters. The summed E-state index contributed by atoms with van der Waals surface area (Å²) in [5.74, 6) is 0.408. The molecule has 2 atom stereocenters. The van der Waals surface area contributed by atoms with Crippen molar-refractivity contribution in [3.05, 3.63) is 64.6 Å². The number of benzene rings is 1. The molecule has 0 amide bonds. The zero-order valence-corrected chi connectivity index (χ0v) is 13.9. The van der Waals surface area contributed by atoms with Gasteiger partial charge in [0.2, 0.25) is 0 Å². The highest BCUT2D eigenvalue weighted by Crippen LogP contribution is 2.17. The fourth-order valence-electron chi connectivity index (χ4n) is 2.47. The van der Waals surface area contributed by atoms with Gasteiger partial charge in [-0.3, -0.25) is 9.59 Å².